The minimum absolute atomic E-state index is 0.0377. The van der Waals surface area contributed by atoms with Crippen molar-refractivity contribution < 1.29 is 14.5 Å². The van der Waals surface area contributed by atoms with Gasteiger partial charge in [-0.2, -0.15) is 0 Å². The Labute approximate surface area is 123 Å². The van der Waals surface area contributed by atoms with Crippen LogP contribution in [0.4, 0.5) is 11.4 Å². The van der Waals surface area contributed by atoms with Gasteiger partial charge in [0.15, 0.2) is 0 Å². The average Bonchev–Trinajstić information content (AvgIpc) is 2.44. The van der Waals surface area contributed by atoms with Crippen LogP contribution in [0.3, 0.4) is 0 Å². The summed E-state index contributed by atoms with van der Waals surface area (Å²) < 4.78 is 5.59. The van der Waals surface area contributed by atoms with E-state index in [4.69, 9.17) is 4.74 Å². The first kappa shape index (κ1) is 15.2. The van der Waals surface area contributed by atoms with Gasteiger partial charge in [-0.25, -0.2) is 0 Å². The second-order valence-electron chi connectivity index (χ2n) is 5.21. The number of rotatable bonds is 3. The lowest BCUT2D eigenvalue weighted by atomic mass is 10.1. The van der Waals surface area contributed by atoms with E-state index in [1.165, 1.54) is 6.07 Å². The molecular formula is C14H19N3O4. The Bertz CT molecular complexity index is 551. The first-order valence-corrected chi connectivity index (χ1v) is 6.83. The summed E-state index contributed by atoms with van der Waals surface area (Å²) in [4.78, 5) is 24.7. The highest BCUT2D eigenvalue weighted by atomic mass is 16.6. The number of carbonyl (C=O) groups is 1. The monoisotopic (exact) mass is 293 g/mol. The molecule has 114 valence electrons. The minimum Gasteiger partial charge on any atom is -0.383 e. The van der Waals surface area contributed by atoms with Crippen LogP contribution in [-0.2, 0) is 4.74 Å². The fourth-order valence-corrected chi connectivity index (χ4v) is 2.55. The number of nitro groups is 1. The molecule has 1 heterocycles. The molecule has 0 saturated carbocycles. The summed E-state index contributed by atoms with van der Waals surface area (Å²) in [6.45, 7) is 4.79. The van der Waals surface area contributed by atoms with Crippen LogP contribution < -0.4 is 5.32 Å². The van der Waals surface area contributed by atoms with E-state index in [0.717, 1.165) is 0 Å². The minimum atomic E-state index is -0.493. The highest BCUT2D eigenvalue weighted by molar-refractivity contribution is 5.95. The molecule has 1 aromatic rings. The predicted octanol–water partition coefficient (Wildman–Crippen LogP) is 1.89. The number of hydrogen-bond donors (Lipinski definition) is 1. The number of morpholine rings is 1. The Hall–Kier alpha value is -2.15. The molecule has 1 amide bonds. The number of nitrogens with one attached hydrogen (secondary N) is 1. The van der Waals surface area contributed by atoms with Crippen molar-refractivity contribution in [3.8, 4) is 0 Å². The van der Waals surface area contributed by atoms with Crippen molar-refractivity contribution in [2.24, 2.45) is 0 Å². The normalized spacial score (nSPS) is 22.0. The van der Waals surface area contributed by atoms with Gasteiger partial charge in [0.1, 0.15) is 5.69 Å². The highest BCUT2D eigenvalue weighted by Gasteiger charge is 2.27. The Morgan fingerprint density at radius 1 is 1.38 bits per heavy atom. The van der Waals surface area contributed by atoms with E-state index in [0.29, 0.717) is 24.3 Å². The van der Waals surface area contributed by atoms with Crippen LogP contribution in [0.1, 0.15) is 24.2 Å². The largest absolute Gasteiger partial charge is 0.383 e. The van der Waals surface area contributed by atoms with Crippen molar-refractivity contribution in [1.82, 2.24) is 4.90 Å². The molecule has 0 bridgehead atoms. The average molecular weight is 293 g/mol. The first-order chi connectivity index (χ1) is 9.92. The van der Waals surface area contributed by atoms with Crippen LogP contribution in [-0.4, -0.2) is 48.1 Å². The van der Waals surface area contributed by atoms with E-state index < -0.39 is 4.92 Å². The first-order valence-electron chi connectivity index (χ1n) is 6.83. The maximum absolute atomic E-state index is 12.5. The maximum atomic E-state index is 12.5. The number of hydrogen-bond acceptors (Lipinski definition) is 5. The molecule has 7 heteroatoms. The number of benzene rings is 1. The Balaban J connectivity index is 2.27. The summed E-state index contributed by atoms with van der Waals surface area (Å²) in [5, 5.41) is 13.8. The van der Waals surface area contributed by atoms with E-state index in [1.54, 1.807) is 24.1 Å². The summed E-state index contributed by atoms with van der Waals surface area (Å²) in [6, 6.07) is 4.48. The van der Waals surface area contributed by atoms with Crippen LogP contribution in [0, 0.1) is 10.1 Å². The molecule has 21 heavy (non-hydrogen) atoms. The van der Waals surface area contributed by atoms with Gasteiger partial charge in [0.05, 0.1) is 17.1 Å². The van der Waals surface area contributed by atoms with Crippen molar-refractivity contribution in [3.05, 3.63) is 33.9 Å². The SMILES string of the molecule is CNc1ccc(C(=O)N2C[C@@H](C)O[C@@H](C)C2)cc1[N+](=O)[O-]. The second-order valence-corrected chi connectivity index (χ2v) is 5.21. The number of amides is 1. The molecule has 2 rings (SSSR count). The fourth-order valence-electron chi connectivity index (χ4n) is 2.55. The second kappa shape index (κ2) is 6.09. The van der Waals surface area contributed by atoms with E-state index in [-0.39, 0.29) is 23.8 Å². The molecule has 7 nitrogen and oxygen atoms in total. The quantitative estimate of drug-likeness (QED) is 0.679. The molecule has 0 unspecified atom stereocenters. The Morgan fingerprint density at radius 3 is 2.52 bits per heavy atom. The van der Waals surface area contributed by atoms with Gasteiger partial charge in [-0.1, -0.05) is 0 Å². The molecule has 1 aromatic carbocycles. The zero-order chi connectivity index (χ0) is 15.6. The third-order valence-electron chi connectivity index (χ3n) is 3.42. The van der Waals surface area contributed by atoms with Gasteiger partial charge < -0.3 is 15.0 Å². The third kappa shape index (κ3) is 3.30. The van der Waals surface area contributed by atoms with E-state index in [1.807, 2.05) is 13.8 Å². The van der Waals surface area contributed by atoms with Gasteiger partial charge in [0.2, 0.25) is 0 Å². The Morgan fingerprint density at radius 2 is 2.00 bits per heavy atom. The lowest BCUT2D eigenvalue weighted by molar-refractivity contribution is -0.384. The zero-order valence-corrected chi connectivity index (χ0v) is 12.3. The van der Waals surface area contributed by atoms with Crippen LogP contribution in [0.25, 0.3) is 0 Å². The van der Waals surface area contributed by atoms with Gasteiger partial charge in [-0.15, -0.1) is 0 Å². The van der Waals surface area contributed by atoms with Gasteiger partial charge in [-0.05, 0) is 26.0 Å². The summed E-state index contributed by atoms with van der Waals surface area (Å²) in [7, 11) is 1.61. The van der Waals surface area contributed by atoms with Gasteiger partial charge in [0, 0.05) is 31.8 Å². The van der Waals surface area contributed by atoms with Gasteiger partial charge >= 0.3 is 0 Å². The predicted molar refractivity (Wildman–Crippen MR) is 78.6 cm³/mol. The van der Waals surface area contributed by atoms with Crippen molar-refractivity contribution in [1.29, 1.82) is 0 Å². The van der Waals surface area contributed by atoms with Crippen LogP contribution in [0.2, 0.25) is 0 Å². The molecule has 1 N–H and O–H groups in total. The van der Waals surface area contributed by atoms with Gasteiger partial charge in [-0.3, -0.25) is 14.9 Å². The van der Waals surface area contributed by atoms with Crippen molar-refractivity contribution in [2.45, 2.75) is 26.1 Å². The maximum Gasteiger partial charge on any atom is 0.293 e. The Kier molecular flexibility index (Phi) is 4.42. The van der Waals surface area contributed by atoms with E-state index in [2.05, 4.69) is 5.32 Å². The standard InChI is InChI=1S/C14H19N3O4/c1-9-7-16(8-10(2)21-9)14(18)11-4-5-12(15-3)13(6-11)17(19)20/h4-6,9-10,15H,7-8H2,1-3H3/t9-,10+. The van der Waals surface area contributed by atoms with Gasteiger partial charge in [0.25, 0.3) is 11.6 Å². The molecule has 0 spiro atoms. The number of nitro benzene ring substituents is 1. The number of nitrogens with zero attached hydrogens (tertiary/aromatic N) is 2. The fraction of sp³-hybridized carbons (Fsp3) is 0.500. The zero-order valence-electron chi connectivity index (χ0n) is 12.3. The smallest absolute Gasteiger partial charge is 0.293 e. The van der Waals surface area contributed by atoms with Crippen molar-refractivity contribution >= 4 is 17.3 Å². The van der Waals surface area contributed by atoms with E-state index >= 15 is 0 Å². The molecule has 0 radical (unpaired) electrons. The van der Waals surface area contributed by atoms with Crippen molar-refractivity contribution in [2.75, 3.05) is 25.5 Å². The number of carbonyl (C=O) groups excluding carboxylic acids is 1. The lowest BCUT2D eigenvalue weighted by Gasteiger charge is -2.35. The highest BCUT2D eigenvalue weighted by Crippen LogP contribution is 2.26. The summed E-state index contributed by atoms with van der Waals surface area (Å²) in [5.41, 5.74) is 0.611. The van der Waals surface area contributed by atoms with E-state index in [9.17, 15) is 14.9 Å². The molecule has 1 aliphatic rings. The molecule has 1 fully saturated rings. The topological polar surface area (TPSA) is 84.7 Å². The number of anilines is 1. The van der Waals surface area contributed by atoms with Crippen LogP contribution >= 0.6 is 0 Å². The molecule has 0 aliphatic carbocycles. The third-order valence-corrected chi connectivity index (χ3v) is 3.42. The lowest BCUT2D eigenvalue weighted by Crippen LogP contribution is -2.48. The molecule has 0 aromatic heterocycles. The molecule has 1 aliphatic heterocycles. The molecular weight excluding hydrogens is 274 g/mol. The van der Waals surface area contributed by atoms with Crippen molar-refractivity contribution in [3.63, 3.8) is 0 Å². The number of ether oxygens (including phenoxy) is 1. The molecule has 2 atom stereocenters. The van der Waals surface area contributed by atoms with Crippen LogP contribution in [0.5, 0.6) is 0 Å². The van der Waals surface area contributed by atoms with Crippen LogP contribution in [0.15, 0.2) is 18.2 Å². The molecule has 1 saturated heterocycles. The summed E-state index contributed by atoms with van der Waals surface area (Å²) >= 11 is 0. The summed E-state index contributed by atoms with van der Waals surface area (Å²) in [5.74, 6) is -0.206. The summed E-state index contributed by atoms with van der Waals surface area (Å²) in [6.07, 6.45) is -0.0754.